The Bertz CT molecular complexity index is 488. The fourth-order valence-electron chi connectivity index (χ4n) is 1.50. The first-order valence-corrected chi connectivity index (χ1v) is 9.02. The van der Waals surface area contributed by atoms with Crippen molar-refractivity contribution in [3.8, 4) is 0 Å². The van der Waals surface area contributed by atoms with Crippen molar-refractivity contribution >= 4 is 37.3 Å². The molecular formula is C11H19BrN2O3S2. The van der Waals surface area contributed by atoms with Gasteiger partial charge in [0, 0.05) is 31.7 Å². The van der Waals surface area contributed by atoms with Gasteiger partial charge in [-0.05, 0) is 41.9 Å². The van der Waals surface area contributed by atoms with Crippen molar-refractivity contribution < 1.29 is 13.2 Å². The average Bonchev–Trinajstić information content (AvgIpc) is 2.71. The fourth-order valence-corrected chi connectivity index (χ4v) is 5.26. The highest BCUT2D eigenvalue weighted by Crippen LogP contribution is 2.31. The average molecular weight is 371 g/mol. The van der Waals surface area contributed by atoms with Crippen LogP contribution in [-0.4, -0.2) is 35.7 Å². The molecule has 0 spiro atoms. The van der Waals surface area contributed by atoms with E-state index >= 15 is 0 Å². The van der Waals surface area contributed by atoms with Gasteiger partial charge in [0.25, 0.3) is 0 Å². The van der Waals surface area contributed by atoms with Gasteiger partial charge < -0.3 is 10.1 Å². The zero-order valence-corrected chi connectivity index (χ0v) is 14.3. The van der Waals surface area contributed by atoms with E-state index in [-0.39, 0.29) is 0 Å². The van der Waals surface area contributed by atoms with Gasteiger partial charge in [0.15, 0.2) is 0 Å². The molecule has 110 valence electrons. The third-order valence-corrected chi connectivity index (χ3v) is 6.13. The highest BCUT2D eigenvalue weighted by Gasteiger charge is 2.20. The second-order valence-electron chi connectivity index (χ2n) is 3.98. The molecule has 1 rings (SSSR count). The standard InChI is InChI=1S/C11H19BrN2O3S2/c1-13-8-9-7-10(11(12)18-9)19(15,16)14-5-3-4-6-17-2/h7,13-14H,3-6,8H2,1-2H3. The second-order valence-corrected chi connectivity index (χ2v) is 8.17. The number of rotatable bonds is 9. The van der Waals surface area contributed by atoms with Crippen molar-refractivity contribution in [2.45, 2.75) is 24.3 Å². The summed E-state index contributed by atoms with van der Waals surface area (Å²) >= 11 is 4.74. The molecule has 0 fully saturated rings. The molecular weight excluding hydrogens is 352 g/mol. The predicted molar refractivity (Wildman–Crippen MR) is 81.1 cm³/mol. The Morgan fingerprint density at radius 1 is 1.42 bits per heavy atom. The lowest BCUT2D eigenvalue weighted by Gasteiger charge is -2.05. The summed E-state index contributed by atoms with van der Waals surface area (Å²) in [5.74, 6) is 0. The molecule has 0 saturated carbocycles. The van der Waals surface area contributed by atoms with Gasteiger partial charge >= 0.3 is 0 Å². The van der Waals surface area contributed by atoms with Gasteiger partial charge in [0.2, 0.25) is 10.0 Å². The molecule has 0 aliphatic heterocycles. The van der Waals surface area contributed by atoms with Gasteiger partial charge in [0.05, 0.1) is 3.79 Å². The van der Waals surface area contributed by atoms with Crippen molar-refractivity contribution in [3.05, 3.63) is 14.7 Å². The van der Waals surface area contributed by atoms with E-state index in [1.54, 1.807) is 13.2 Å². The Morgan fingerprint density at radius 3 is 2.79 bits per heavy atom. The molecule has 1 aromatic rings. The van der Waals surface area contributed by atoms with Gasteiger partial charge in [-0.2, -0.15) is 0 Å². The number of hydrogen-bond acceptors (Lipinski definition) is 5. The number of thiophene rings is 1. The van der Waals surface area contributed by atoms with Crippen LogP contribution in [0.4, 0.5) is 0 Å². The number of unbranched alkanes of at least 4 members (excludes halogenated alkanes) is 1. The SMILES string of the molecule is CNCc1cc(S(=O)(=O)NCCCCOC)c(Br)s1. The summed E-state index contributed by atoms with van der Waals surface area (Å²) < 4.78 is 32.4. The first-order chi connectivity index (χ1) is 9.01. The number of ether oxygens (including phenoxy) is 1. The monoisotopic (exact) mass is 370 g/mol. The van der Waals surface area contributed by atoms with Crippen LogP contribution in [0.25, 0.3) is 0 Å². The van der Waals surface area contributed by atoms with Gasteiger partial charge in [0.1, 0.15) is 4.90 Å². The highest BCUT2D eigenvalue weighted by atomic mass is 79.9. The van der Waals surface area contributed by atoms with Crippen molar-refractivity contribution in [2.75, 3.05) is 27.3 Å². The van der Waals surface area contributed by atoms with Crippen LogP contribution in [0.3, 0.4) is 0 Å². The summed E-state index contributed by atoms with van der Waals surface area (Å²) in [6.07, 6.45) is 1.60. The molecule has 1 heterocycles. The van der Waals surface area contributed by atoms with Crippen LogP contribution in [0.1, 0.15) is 17.7 Å². The van der Waals surface area contributed by atoms with Crippen LogP contribution in [-0.2, 0) is 21.3 Å². The summed E-state index contributed by atoms with van der Waals surface area (Å²) in [5.41, 5.74) is 0. The van der Waals surface area contributed by atoms with Crippen LogP contribution in [0, 0.1) is 0 Å². The maximum absolute atomic E-state index is 12.1. The predicted octanol–water partition coefficient (Wildman–Crippen LogP) is 1.93. The lowest BCUT2D eigenvalue weighted by molar-refractivity contribution is 0.193. The third-order valence-electron chi connectivity index (χ3n) is 2.41. The maximum Gasteiger partial charge on any atom is 0.242 e. The summed E-state index contributed by atoms with van der Waals surface area (Å²) in [5, 5.41) is 3.00. The molecule has 19 heavy (non-hydrogen) atoms. The van der Waals surface area contributed by atoms with E-state index in [0.717, 1.165) is 17.7 Å². The van der Waals surface area contributed by atoms with Crippen molar-refractivity contribution in [3.63, 3.8) is 0 Å². The van der Waals surface area contributed by atoms with E-state index in [2.05, 4.69) is 26.0 Å². The Morgan fingerprint density at radius 2 is 2.16 bits per heavy atom. The minimum Gasteiger partial charge on any atom is -0.385 e. The third kappa shape index (κ3) is 5.49. The van der Waals surface area contributed by atoms with Gasteiger partial charge in [-0.15, -0.1) is 11.3 Å². The number of sulfonamides is 1. The zero-order chi connectivity index (χ0) is 14.3. The van der Waals surface area contributed by atoms with E-state index in [4.69, 9.17) is 4.74 Å². The summed E-state index contributed by atoms with van der Waals surface area (Å²) in [7, 11) is 0.0334. The van der Waals surface area contributed by atoms with Crippen molar-refractivity contribution in [1.82, 2.24) is 10.0 Å². The number of halogens is 1. The largest absolute Gasteiger partial charge is 0.385 e. The molecule has 0 aliphatic carbocycles. The van der Waals surface area contributed by atoms with Crippen LogP contribution < -0.4 is 10.0 Å². The molecule has 0 unspecified atom stereocenters. The lowest BCUT2D eigenvalue weighted by Crippen LogP contribution is -2.24. The minimum atomic E-state index is -3.43. The van der Waals surface area contributed by atoms with Crippen LogP contribution in [0.5, 0.6) is 0 Å². The molecule has 8 heteroatoms. The van der Waals surface area contributed by atoms with Gasteiger partial charge in [-0.1, -0.05) is 0 Å². The van der Waals surface area contributed by atoms with Crippen LogP contribution in [0.2, 0.25) is 0 Å². The molecule has 0 aliphatic rings. The molecule has 1 aromatic heterocycles. The van der Waals surface area contributed by atoms with Gasteiger partial charge in [-0.3, -0.25) is 0 Å². The molecule has 0 bridgehead atoms. The Kier molecular flexibility index (Phi) is 7.48. The van der Waals surface area contributed by atoms with Crippen molar-refractivity contribution in [1.29, 1.82) is 0 Å². The first kappa shape index (κ1) is 17.1. The van der Waals surface area contributed by atoms with Gasteiger partial charge in [-0.25, -0.2) is 13.1 Å². The van der Waals surface area contributed by atoms with E-state index in [1.165, 1.54) is 11.3 Å². The topological polar surface area (TPSA) is 67.4 Å². The smallest absolute Gasteiger partial charge is 0.242 e. The Labute approximate surface area is 126 Å². The number of hydrogen-bond donors (Lipinski definition) is 2. The highest BCUT2D eigenvalue weighted by molar-refractivity contribution is 9.11. The van der Waals surface area contributed by atoms with E-state index in [0.29, 0.717) is 28.4 Å². The normalized spacial score (nSPS) is 11.9. The number of nitrogens with one attached hydrogen (secondary N) is 2. The lowest BCUT2D eigenvalue weighted by atomic mass is 10.3. The summed E-state index contributed by atoms with van der Waals surface area (Å²) in [4.78, 5) is 1.30. The quantitative estimate of drug-likeness (QED) is 0.651. The molecule has 5 nitrogen and oxygen atoms in total. The molecule has 0 aromatic carbocycles. The molecule has 0 saturated heterocycles. The summed E-state index contributed by atoms with van der Waals surface area (Å²) in [6.45, 7) is 1.73. The molecule has 2 N–H and O–H groups in total. The zero-order valence-electron chi connectivity index (χ0n) is 11.0. The second kappa shape index (κ2) is 8.33. The Hall–Kier alpha value is 0.01000. The first-order valence-electron chi connectivity index (χ1n) is 5.92. The van der Waals surface area contributed by atoms with E-state index < -0.39 is 10.0 Å². The van der Waals surface area contributed by atoms with Crippen molar-refractivity contribution in [2.24, 2.45) is 0 Å². The maximum atomic E-state index is 12.1. The van der Waals surface area contributed by atoms with E-state index in [9.17, 15) is 8.42 Å². The van der Waals surface area contributed by atoms with E-state index in [1.807, 2.05) is 7.05 Å². The summed E-state index contributed by atoms with van der Waals surface area (Å²) in [6, 6.07) is 1.70. The minimum absolute atomic E-state index is 0.314. The molecule has 0 atom stereocenters. The van der Waals surface area contributed by atoms with Crippen LogP contribution >= 0.6 is 27.3 Å². The Balaban J connectivity index is 2.61. The molecule has 0 amide bonds. The number of methoxy groups -OCH3 is 1. The van der Waals surface area contributed by atoms with Crippen LogP contribution in [0.15, 0.2) is 14.7 Å². The molecule has 0 radical (unpaired) electrons. The fraction of sp³-hybridized carbons (Fsp3) is 0.636.